The van der Waals surface area contributed by atoms with E-state index >= 15 is 0 Å². The SMILES string of the molecule is CC(NC(=O)C#CCNC(=O)OCC1c2ccccc2-c2ccccc21)C(C)C(=O)O. The van der Waals surface area contributed by atoms with Crippen molar-refractivity contribution in [2.75, 3.05) is 13.2 Å². The van der Waals surface area contributed by atoms with E-state index in [2.05, 4.69) is 34.6 Å². The summed E-state index contributed by atoms with van der Waals surface area (Å²) in [4.78, 5) is 34.7. The van der Waals surface area contributed by atoms with Crippen molar-refractivity contribution in [3.63, 3.8) is 0 Å². The Kier molecular flexibility index (Phi) is 6.93. The molecule has 3 N–H and O–H groups in total. The topological polar surface area (TPSA) is 105 Å². The minimum absolute atomic E-state index is 0.0345. The van der Waals surface area contributed by atoms with Gasteiger partial charge in [-0.25, -0.2) is 4.79 Å². The second-order valence-electron chi connectivity index (χ2n) is 7.37. The molecule has 2 aromatic carbocycles. The van der Waals surface area contributed by atoms with Crippen LogP contribution < -0.4 is 10.6 Å². The molecular formula is C24H24N2O5. The summed E-state index contributed by atoms with van der Waals surface area (Å²) in [6, 6.07) is 15.6. The number of carboxylic acid groups (broad SMARTS) is 1. The average molecular weight is 420 g/mol. The zero-order valence-electron chi connectivity index (χ0n) is 17.3. The van der Waals surface area contributed by atoms with Gasteiger partial charge in [0.2, 0.25) is 0 Å². The molecule has 2 aromatic rings. The van der Waals surface area contributed by atoms with E-state index < -0.39 is 29.9 Å². The highest BCUT2D eigenvalue weighted by Crippen LogP contribution is 2.44. The van der Waals surface area contributed by atoms with E-state index in [1.165, 1.54) is 6.92 Å². The van der Waals surface area contributed by atoms with Gasteiger partial charge in [0, 0.05) is 12.0 Å². The average Bonchev–Trinajstić information content (AvgIpc) is 3.08. The second-order valence-corrected chi connectivity index (χ2v) is 7.37. The summed E-state index contributed by atoms with van der Waals surface area (Å²) in [6.45, 7) is 3.22. The van der Waals surface area contributed by atoms with Gasteiger partial charge in [0.1, 0.15) is 6.61 Å². The molecule has 2 atom stereocenters. The van der Waals surface area contributed by atoms with Gasteiger partial charge in [-0.1, -0.05) is 54.5 Å². The highest BCUT2D eigenvalue weighted by atomic mass is 16.5. The third kappa shape index (κ3) is 5.23. The molecule has 0 bridgehead atoms. The Hall–Kier alpha value is -3.79. The van der Waals surface area contributed by atoms with Crippen LogP contribution >= 0.6 is 0 Å². The minimum Gasteiger partial charge on any atom is -0.481 e. The number of carbonyl (C=O) groups is 3. The smallest absolute Gasteiger partial charge is 0.407 e. The monoisotopic (exact) mass is 420 g/mol. The Bertz CT molecular complexity index is 1010. The molecule has 2 amide bonds. The van der Waals surface area contributed by atoms with Crippen LogP contribution in [0.3, 0.4) is 0 Å². The predicted molar refractivity (Wildman–Crippen MR) is 115 cm³/mol. The Labute approximate surface area is 180 Å². The van der Waals surface area contributed by atoms with Crippen molar-refractivity contribution >= 4 is 18.0 Å². The van der Waals surface area contributed by atoms with Gasteiger partial charge in [0.25, 0.3) is 5.91 Å². The number of nitrogens with one attached hydrogen (secondary N) is 2. The lowest BCUT2D eigenvalue weighted by Crippen LogP contribution is -2.39. The van der Waals surface area contributed by atoms with Gasteiger partial charge >= 0.3 is 12.1 Å². The fraction of sp³-hybridized carbons (Fsp3) is 0.292. The molecule has 0 heterocycles. The molecule has 2 unspecified atom stereocenters. The standard InChI is InChI=1S/C24H24N2O5/c1-15(23(28)29)16(2)26-22(27)12-7-13-25-24(30)31-14-21-19-10-5-3-8-17(19)18-9-4-6-11-20(18)21/h3-6,8-11,15-16,21H,13-14H2,1-2H3,(H,25,30)(H,26,27)(H,28,29). The molecule has 7 heteroatoms. The van der Waals surface area contributed by atoms with Gasteiger partial charge in [-0.2, -0.15) is 0 Å². The Morgan fingerprint density at radius 1 is 1.03 bits per heavy atom. The van der Waals surface area contributed by atoms with Crippen LogP contribution in [0.4, 0.5) is 4.79 Å². The summed E-state index contributed by atoms with van der Waals surface area (Å²) in [5.41, 5.74) is 4.54. The third-order valence-corrected chi connectivity index (χ3v) is 5.37. The van der Waals surface area contributed by atoms with Gasteiger partial charge in [0.05, 0.1) is 12.5 Å². The number of hydrogen-bond acceptors (Lipinski definition) is 4. The molecule has 0 aliphatic heterocycles. The Morgan fingerprint density at radius 3 is 2.19 bits per heavy atom. The second kappa shape index (κ2) is 9.81. The molecule has 7 nitrogen and oxygen atoms in total. The van der Waals surface area contributed by atoms with Crippen molar-refractivity contribution in [3.8, 4) is 23.0 Å². The van der Waals surface area contributed by atoms with E-state index in [1.807, 2.05) is 36.4 Å². The van der Waals surface area contributed by atoms with Gasteiger partial charge in [-0.3, -0.25) is 9.59 Å². The van der Waals surface area contributed by atoms with Crippen LogP contribution in [-0.2, 0) is 14.3 Å². The lowest BCUT2D eigenvalue weighted by molar-refractivity contribution is -0.142. The largest absolute Gasteiger partial charge is 0.481 e. The van der Waals surface area contributed by atoms with Crippen LogP contribution in [0.25, 0.3) is 11.1 Å². The van der Waals surface area contributed by atoms with E-state index in [1.54, 1.807) is 6.92 Å². The van der Waals surface area contributed by atoms with E-state index in [4.69, 9.17) is 9.84 Å². The van der Waals surface area contributed by atoms with Crippen molar-refractivity contribution in [2.24, 2.45) is 5.92 Å². The summed E-state index contributed by atoms with van der Waals surface area (Å²) in [7, 11) is 0. The van der Waals surface area contributed by atoms with E-state index in [9.17, 15) is 14.4 Å². The number of alkyl carbamates (subject to hydrolysis) is 1. The summed E-state index contributed by atoms with van der Waals surface area (Å²) in [5, 5.41) is 13.9. The van der Waals surface area contributed by atoms with E-state index in [0.29, 0.717) is 0 Å². The molecule has 1 aliphatic rings. The Morgan fingerprint density at radius 2 is 1.61 bits per heavy atom. The number of aliphatic carboxylic acids is 1. The number of fused-ring (bicyclic) bond motifs is 3. The highest BCUT2D eigenvalue weighted by Gasteiger charge is 2.28. The summed E-state index contributed by atoms with van der Waals surface area (Å²) >= 11 is 0. The molecule has 0 saturated carbocycles. The molecular weight excluding hydrogens is 396 g/mol. The van der Waals surface area contributed by atoms with Gasteiger partial charge < -0.3 is 20.5 Å². The van der Waals surface area contributed by atoms with Crippen molar-refractivity contribution in [1.82, 2.24) is 10.6 Å². The highest BCUT2D eigenvalue weighted by molar-refractivity contribution is 5.94. The van der Waals surface area contributed by atoms with Crippen LogP contribution in [0.1, 0.15) is 30.9 Å². The molecule has 160 valence electrons. The van der Waals surface area contributed by atoms with Crippen LogP contribution in [0.2, 0.25) is 0 Å². The van der Waals surface area contributed by atoms with Crippen molar-refractivity contribution in [2.45, 2.75) is 25.8 Å². The maximum absolute atomic E-state index is 12.0. The number of carbonyl (C=O) groups excluding carboxylic acids is 2. The summed E-state index contributed by atoms with van der Waals surface area (Å²) < 4.78 is 5.39. The van der Waals surface area contributed by atoms with Gasteiger partial charge in [0.15, 0.2) is 0 Å². The fourth-order valence-corrected chi connectivity index (χ4v) is 3.47. The van der Waals surface area contributed by atoms with E-state index in [0.717, 1.165) is 22.3 Å². The molecule has 1 aliphatic carbocycles. The van der Waals surface area contributed by atoms with Crippen molar-refractivity contribution < 1.29 is 24.2 Å². The molecule has 31 heavy (non-hydrogen) atoms. The van der Waals surface area contributed by atoms with Gasteiger partial charge in [-0.15, -0.1) is 0 Å². The van der Waals surface area contributed by atoms with Crippen LogP contribution in [0, 0.1) is 17.8 Å². The number of carboxylic acids is 1. The Balaban J connectivity index is 1.48. The first-order chi connectivity index (χ1) is 14.9. The summed E-state index contributed by atoms with van der Waals surface area (Å²) in [5.74, 6) is 2.48. The fourth-order valence-electron chi connectivity index (χ4n) is 3.47. The molecule has 3 rings (SSSR count). The zero-order valence-corrected chi connectivity index (χ0v) is 17.3. The molecule has 0 spiro atoms. The van der Waals surface area contributed by atoms with Crippen molar-refractivity contribution in [3.05, 3.63) is 59.7 Å². The number of benzene rings is 2. The van der Waals surface area contributed by atoms with Gasteiger partial charge in [-0.05, 0) is 42.0 Å². The maximum Gasteiger partial charge on any atom is 0.407 e. The number of hydrogen-bond donors (Lipinski definition) is 3. The first-order valence-electron chi connectivity index (χ1n) is 9.99. The van der Waals surface area contributed by atoms with Crippen LogP contribution in [0.5, 0.6) is 0 Å². The number of amides is 2. The molecule has 0 aromatic heterocycles. The first kappa shape index (κ1) is 21.9. The first-order valence-corrected chi connectivity index (χ1v) is 9.99. The zero-order chi connectivity index (χ0) is 22.4. The number of ether oxygens (including phenoxy) is 1. The lowest BCUT2D eigenvalue weighted by Gasteiger charge is -2.15. The molecule has 0 saturated heterocycles. The van der Waals surface area contributed by atoms with Crippen molar-refractivity contribution in [1.29, 1.82) is 0 Å². The number of rotatable bonds is 6. The van der Waals surface area contributed by atoms with E-state index in [-0.39, 0.29) is 19.1 Å². The summed E-state index contributed by atoms with van der Waals surface area (Å²) in [6.07, 6.45) is -0.621. The molecule has 0 radical (unpaired) electrons. The normalized spacial score (nSPS) is 13.6. The maximum atomic E-state index is 12.0. The predicted octanol–water partition coefficient (Wildman–Crippen LogP) is 2.75. The quantitative estimate of drug-likeness (QED) is 0.624. The third-order valence-electron chi connectivity index (χ3n) is 5.37. The minimum atomic E-state index is -1.00. The van der Waals surface area contributed by atoms with Crippen LogP contribution in [-0.4, -0.2) is 42.3 Å². The lowest BCUT2D eigenvalue weighted by atomic mass is 9.98. The molecule has 0 fully saturated rings. The van der Waals surface area contributed by atoms with Crippen LogP contribution in [0.15, 0.2) is 48.5 Å².